The Kier molecular flexibility index (Phi) is 7.26. The number of hydrogen-bond donors (Lipinski definition) is 1. The second-order valence-corrected chi connectivity index (χ2v) is 6.97. The first-order chi connectivity index (χ1) is 12.8. The van der Waals surface area contributed by atoms with Crippen LogP contribution in [0.5, 0.6) is 0 Å². The highest BCUT2D eigenvalue weighted by molar-refractivity contribution is 5.80. The van der Waals surface area contributed by atoms with Crippen molar-refractivity contribution in [2.75, 3.05) is 25.1 Å². The van der Waals surface area contributed by atoms with Crippen LogP contribution in [0, 0.1) is 0 Å². The summed E-state index contributed by atoms with van der Waals surface area (Å²) in [5.41, 5.74) is 1.85. The summed E-state index contributed by atoms with van der Waals surface area (Å²) in [5.74, 6) is 0.904. The molecule has 6 heteroatoms. The van der Waals surface area contributed by atoms with Crippen LogP contribution in [0.25, 0.3) is 11.0 Å². The fraction of sp³-hybridized carbons (Fsp3) is 0.700. The third-order valence-electron chi connectivity index (χ3n) is 4.78. The van der Waals surface area contributed by atoms with E-state index >= 15 is 0 Å². The Morgan fingerprint density at radius 2 is 2.12 bits per heavy atom. The summed E-state index contributed by atoms with van der Waals surface area (Å²) in [6.07, 6.45) is 7.79. The average molecular weight is 361 g/mol. The number of ether oxygens (including phenoxy) is 2. The molecule has 1 N–H and O–H groups in total. The minimum Gasteiger partial charge on any atom is -0.375 e. The SMILES string of the molecule is CCCCNc1ccc2c(COCCCC)nn(C3CCCCO3)c2n1. The lowest BCUT2D eigenvalue weighted by Gasteiger charge is -2.23. The van der Waals surface area contributed by atoms with Gasteiger partial charge in [-0.05, 0) is 44.2 Å². The predicted molar refractivity (Wildman–Crippen MR) is 104 cm³/mol. The molecule has 0 aliphatic carbocycles. The molecule has 3 heterocycles. The van der Waals surface area contributed by atoms with Crippen molar-refractivity contribution in [3.63, 3.8) is 0 Å². The Labute approximate surface area is 156 Å². The molecule has 3 rings (SSSR count). The van der Waals surface area contributed by atoms with Crippen LogP contribution in [0.2, 0.25) is 0 Å². The van der Waals surface area contributed by atoms with Crippen molar-refractivity contribution < 1.29 is 9.47 Å². The Bertz CT molecular complexity index is 680. The van der Waals surface area contributed by atoms with E-state index in [4.69, 9.17) is 19.6 Å². The van der Waals surface area contributed by atoms with Gasteiger partial charge in [-0.1, -0.05) is 26.7 Å². The summed E-state index contributed by atoms with van der Waals surface area (Å²) in [6.45, 7) is 7.40. The number of nitrogens with one attached hydrogen (secondary N) is 1. The number of hydrogen-bond acceptors (Lipinski definition) is 5. The maximum absolute atomic E-state index is 5.97. The molecule has 26 heavy (non-hydrogen) atoms. The van der Waals surface area contributed by atoms with Gasteiger partial charge in [0.25, 0.3) is 0 Å². The summed E-state index contributed by atoms with van der Waals surface area (Å²) in [5, 5.41) is 9.30. The van der Waals surface area contributed by atoms with E-state index < -0.39 is 0 Å². The number of anilines is 1. The first-order valence-corrected chi connectivity index (χ1v) is 10.1. The highest BCUT2D eigenvalue weighted by Crippen LogP contribution is 2.28. The molecule has 6 nitrogen and oxygen atoms in total. The van der Waals surface area contributed by atoms with Gasteiger partial charge in [-0.3, -0.25) is 0 Å². The van der Waals surface area contributed by atoms with Crippen LogP contribution >= 0.6 is 0 Å². The molecule has 0 aromatic carbocycles. The van der Waals surface area contributed by atoms with Gasteiger partial charge >= 0.3 is 0 Å². The Balaban J connectivity index is 1.84. The van der Waals surface area contributed by atoms with Crippen molar-refractivity contribution >= 4 is 16.9 Å². The third-order valence-corrected chi connectivity index (χ3v) is 4.78. The molecule has 1 fully saturated rings. The molecule has 0 spiro atoms. The Morgan fingerprint density at radius 1 is 1.23 bits per heavy atom. The van der Waals surface area contributed by atoms with Crippen molar-refractivity contribution in [2.45, 2.75) is 71.6 Å². The van der Waals surface area contributed by atoms with Gasteiger partial charge in [-0.2, -0.15) is 5.10 Å². The summed E-state index contributed by atoms with van der Waals surface area (Å²) in [6, 6.07) is 4.16. The molecule has 144 valence electrons. The number of nitrogens with zero attached hydrogens (tertiary/aromatic N) is 3. The maximum Gasteiger partial charge on any atom is 0.163 e. The van der Waals surface area contributed by atoms with E-state index in [0.717, 1.165) is 74.4 Å². The van der Waals surface area contributed by atoms with Gasteiger partial charge in [0, 0.05) is 25.1 Å². The molecule has 1 saturated heterocycles. The third kappa shape index (κ3) is 4.74. The number of pyridine rings is 1. The van der Waals surface area contributed by atoms with E-state index in [9.17, 15) is 0 Å². The molecular weight excluding hydrogens is 328 g/mol. The van der Waals surface area contributed by atoms with Gasteiger partial charge in [0.05, 0.1) is 12.3 Å². The van der Waals surface area contributed by atoms with Crippen molar-refractivity contribution in [3.05, 3.63) is 17.8 Å². The van der Waals surface area contributed by atoms with Crippen LogP contribution in [0.3, 0.4) is 0 Å². The molecule has 1 aliphatic heterocycles. The molecule has 2 aromatic rings. The van der Waals surface area contributed by atoms with Gasteiger partial charge in [0.15, 0.2) is 11.9 Å². The lowest BCUT2D eigenvalue weighted by atomic mass is 10.2. The number of rotatable bonds is 10. The molecule has 0 radical (unpaired) electrons. The smallest absolute Gasteiger partial charge is 0.163 e. The first-order valence-electron chi connectivity index (χ1n) is 10.1. The normalized spacial score (nSPS) is 17.7. The average Bonchev–Trinajstić information content (AvgIpc) is 3.04. The molecule has 1 aliphatic rings. The lowest BCUT2D eigenvalue weighted by molar-refractivity contribution is -0.0375. The van der Waals surface area contributed by atoms with Crippen LogP contribution in [0.15, 0.2) is 12.1 Å². The van der Waals surface area contributed by atoms with Crippen LogP contribution in [-0.4, -0.2) is 34.5 Å². The minimum atomic E-state index is -0.0194. The number of fused-ring (bicyclic) bond motifs is 1. The highest BCUT2D eigenvalue weighted by Gasteiger charge is 2.22. The number of unbranched alkanes of at least 4 members (excludes halogenated alkanes) is 2. The van der Waals surface area contributed by atoms with E-state index in [1.165, 1.54) is 12.8 Å². The second kappa shape index (κ2) is 9.88. The molecule has 1 unspecified atom stereocenters. The fourth-order valence-electron chi connectivity index (χ4n) is 3.21. The summed E-state index contributed by atoms with van der Waals surface area (Å²) < 4.78 is 13.8. The summed E-state index contributed by atoms with van der Waals surface area (Å²) in [4.78, 5) is 4.84. The molecule has 0 bridgehead atoms. The zero-order chi connectivity index (χ0) is 18.2. The van der Waals surface area contributed by atoms with Gasteiger partial charge in [-0.25, -0.2) is 9.67 Å². The monoisotopic (exact) mass is 360 g/mol. The van der Waals surface area contributed by atoms with E-state index in [2.05, 4.69) is 25.2 Å². The second-order valence-electron chi connectivity index (χ2n) is 6.97. The van der Waals surface area contributed by atoms with E-state index in [0.29, 0.717) is 6.61 Å². The number of aromatic nitrogens is 3. The summed E-state index contributed by atoms with van der Waals surface area (Å²) in [7, 11) is 0. The van der Waals surface area contributed by atoms with Crippen LogP contribution in [-0.2, 0) is 16.1 Å². The van der Waals surface area contributed by atoms with Gasteiger partial charge in [0.2, 0.25) is 0 Å². The molecule has 2 aromatic heterocycles. The lowest BCUT2D eigenvalue weighted by Crippen LogP contribution is -2.19. The van der Waals surface area contributed by atoms with Gasteiger partial charge in [-0.15, -0.1) is 0 Å². The first kappa shape index (κ1) is 19.1. The quantitative estimate of drug-likeness (QED) is 0.625. The standard InChI is InChI=1S/C20H32N4O2/c1-3-5-12-21-18-11-10-16-17(15-25-13-6-4-2)23-24(20(16)22-18)19-9-7-8-14-26-19/h10-11,19H,3-9,12-15H2,1-2H3,(H,21,22). The van der Waals surface area contributed by atoms with Crippen molar-refractivity contribution in [1.82, 2.24) is 14.8 Å². The fourth-order valence-corrected chi connectivity index (χ4v) is 3.21. The van der Waals surface area contributed by atoms with Crippen LogP contribution in [0.4, 0.5) is 5.82 Å². The van der Waals surface area contributed by atoms with Crippen LogP contribution in [0.1, 0.15) is 70.7 Å². The van der Waals surface area contributed by atoms with E-state index in [-0.39, 0.29) is 6.23 Å². The maximum atomic E-state index is 5.97. The van der Waals surface area contributed by atoms with Crippen molar-refractivity contribution in [2.24, 2.45) is 0 Å². The molecule has 1 atom stereocenters. The van der Waals surface area contributed by atoms with E-state index in [1.807, 2.05) is 10.7 Å². The van der Waals surface area contributed by atoms with Crippen LogP contribution < -0.4 is 5.32 Å². The molecular formula is C20H32N4O2. The Morgan fingerprint density at radius 3 is 2.88 bits per heavy atom. The highest BCUT2D eigenvalue weighted by atomic mass is 16.5. The van der Waals surface area contributed by atoms with Crippen molar-refractivity contribution in [3.8, 4) is 0 Å². The van der Waals surface area contributed by atoms with Gasteiger partial charge < -0.3 is 14.8 Å². The van der Waals surface area contributed by atoms with Crippen molar-refractivity contribution in [1.29, 1.82) is 0 Å². The summed E-state index contributed by atoms with van der Waals surface area (Å²) >= 11 is 0. The van der Waals surface area contributed by atoms with Gasteiger partial charge in [0.1, 0.15) is 5.82 Å². The molecule has 0 saturated carbocycles. The Hall–Kier alpha value is -1.66. The zero-order valence-corrected chi connectivity index (χ0v) is 16.2. The topological polar surface area (TPSA) is 61.2 Å². The molecule has 0 amide bonds. The largest absolute Gasteiger partial charge is 0.375 e. The zero-order valence-electron chi connectivity index (χ0n) is 16.2. The van der Waals surface area contributed by atoms with E-state index in [1.54, 1.807) is 0 Å². The minimum absolute atomic E-state index is 0.0194. The predicted octanol–water partition coefficient (Wildman–Crippen LogP) is 4.66.